The summed E-state index contributed by atoms with van der Waals surface area (Å²) < 4.78 is 18.4. The Morgan fingerprint density at radius 2 is 2.07 bits per heavy atom. The van der Waals surface area contributed by atoms with E-state index in [1.165, 1.54) is 36.6 Å². The predicted molar refractivity (Wildman–Crippen MR) is 104 cm³/mol. The standard InChI is InChI=1S/C18H21FN4O4S/c1-27-9-7-20-16(25)12-23(14-4-2-3-13(19)11-14)17(26)6-5-15(24)22-18-21-8-10-28-18/h2-4,8,10-11H,5-7,9,12H2,1H3,(H,20,25)(H,21,22,24). The van der Waals surface area contributed by atoms with E-state index in [-0.39, 0.29) is 37.5 Å². The summed E-state index contributed by atoms with van der Waals surface area (Å²) in [4.78, 5) is 41.8. The molecule has 8 nitrogen and oxygen atoms in total. The molecule has 0 aliphatic carbocycles. The van der Waals surface area contributed by atoms with E-state index in [2.05, 4.69) is 15.6 Å². The van der Waals surface area contributed by atoms with Gasteiger partial charge in [-0.1, -0.05) is 6.07 Å². The number of halogens is 1. The molecule has 0 spiro atoms. The summed E-state index contributed by atoms with van der Waals surface area (Å²) in [5.74, 6) is -1.78. The fourth-order valence-corrected chi connectivity index (χ4v) is 2.83. The van der Waals surface area contributed by atoms with Crippen LogP contribution >= 0.6 is 11.3 Å². The van der Waals surface area contributed by atoms with Gasteiger partial charge < -0.3 is 20.3 Å². The molecule has 0 aliphatic heterocycles. The Morgan fingerprint density at radius 3 is 2.75 bits per heavy atom. The lowest BCUT2D eigenvalue weighted by atomic mass is 10.2. The maximum absolute atomic E-state index is 13.6. The maximum atomic E-state index is 13.6. The van der Waals surface area contributed by atoms with Gasteiger partial charge >= 0.3 is 0 Å². The van der Waals surface area contributed by atoms with Crippen LogP contribution in [0.3, 0.4) is 0 Å². The number of ether oxygens (including phenoxy) is 1. The molecule has 150 valence electrons. The molecule has 2 aromatic rings. The lowest BCUT2D eigenvalue weighted by molar-refractivity contribution is -0.125. The van der Waals surface area contributed by atoms with Gasteiger partial charge in [0.05, 0.1) is 6.61 Å². The van der Waals surface area contributed by atoms with Gasteiger partial charge in [0.2, 0.25) is 17.7 Å². The second-order valence-corrected chi connectivity index (χ2v) is 6.58. The molecule has 0 unspecified atom stereocenters. The minimum atomic E-state index is -0.531. The van der Waals surface area contributed by atoms with Gasteiger partial charge in [-0.3, -0.25) is 14.4 Å². The molecule has 2 N–H and O–H groups in total. The van der Waals surface area contributed by atoms with Crippen molar-refractivity contribution in [2.24, 2.45) is 0 Å². The van der Waals surface area contributed by atoms with Crippen LogP contribution < -0.4 is 15.5 Å². The third kappa shape index (κ3) is 7.05. The van der Waals surface area contributed by atoms with Crippen LogP contribution in [-0.2, 0) is 19.1 Å². The number of hydrogen-bond donors (Lipinski definition) is 2. The van der Waals surface area contributed by atoms with Gasteiger partial charge in [-0.15, -0.1) is 11.3 Å². The molecule has 3 amide bonds. The molecule has 0 atom stereocenters. The number of thiazole rings is 1. The van der Waals surface area contributed by atoms with E-state index >= 15 is 0 Å². The van der Waals surface area contributed by atoms with Gasteiger partial charge in [-0.25, -0.2) is 9.37 Å². The average Bonchev–Trinajstić information content (AvgIpc) is 3.17. The van der Waals surface area contributed by atoms with Crippen LogP contribution in [0.15, 0.2) is 35.8 Å². The molecule has 0 saturated carbocycles. The second kappa shape index (κ2) is 11.1. The zero-order valence-corrected chi connectivity index (χ0v) is 16.1. The number of hydrogen-bond acceptors (Lipinski definition) is 6. The number of methoxy groups -OCH3 is 1. The smallest absolute Gasteiger partial charge is 0.240 e. The van der Waals surface area contributed by atoms with Gasteiger partial charge in [0, 0.05) is 43.8 Å². The van der Waals surface area contributed by atoms with Crippen LogP contribution in [0.2, 0.25) is 0 Å². The van der Waals surface area contributed by atoms with Crippen LogP contribution in [0, 0.1) is 5.82 Å². The van der Waals surface area contributed by atoms with Crippen molar-refractivity contribution < 1.29 is 23.5 Å². The summed E-state index contributed by atoms with van der Waals surface area (Å²) in [5, 5.41) is 7.35. The minimum absolute atomic E-state index is 0.0878. The van der Waals surface area contributed by atoms with Crippen LogP contribution in [0.4, 0.5) is 15.2 Å². The Balaban J connectivity index is 1.99. The van der Waals surface area contributed by atoms with Crippen molar-refractivity contribution in [3.05, 3.63) is 41.7 Å². The minimum Gasteiger partial charge on any atom is -0.383 e. The van der Waals surface area contributed by atoms with Gasteiger partial charge in [-0.2, -0.15) is 0 Å². The lowest BCUT2D eigenvalue weighted by Crippen LogP contribution is -2.42. The molecule has 0 fully saturated rings. The highest BCUT2D eigenvalue weighted by molar-refractivity contribution is 7.13. The van der Waals surface area contributed by atoms with E-state index in [0.717, 1.165) is 11.0 Å². The molecule has 1 aromatic heterocycles. The first-order valence-electron chi connectivity index (χ1n) is 8.50. The normalized spacial score (nSPS) is 10.4. The van der Waals surface area contributed by atoms with Crippen molar-refractivity contribution in [3.8, 4) is 0 Å². The quantitative estimate of drug-likeness (QED) is 0.584. The summed E-state index contributed by atoms with van der Waals surface area (Å²) >= 11 is 1.26. The zero-order valence-electron chi connectivity index (χ0n) is 15.3. The van der Waals surface area contributed by atoms with Crippen molar-refractivity contribution >= 4 is 39.9 Å². The van der Waals surface area contributed by atoms with Crippen molar-refractivity contribution in [2.45, 2.75) is 12.8 Å². The first-order chi connectivity index (χ1) is 13.5. The SMILES string of the molecule is COCCNC(=O)CN(C(=O)CCC(=O)Nc1nccs1)c1cccc(F)c1. The fourth-order valence-electron chi connectivity index (χ4n) is 2.28. The van der Waals surface area contributed by atoms with Gasteiger partial charge in [0.1, 0.15) is 12.4 Å². The number of rotatable bonds is 10. The Labute approximate surface area is 165 Å². The van der Waals surface area contributed by atoms with E-state index in [1.54, 1.807) is 11.6 Å². The number of aromatic nitrogens is 1. The van der Waals surface area contributed by atoms with Crippen molar-refractivity contribution in [3.63, 3.8) is 0 Å². The van der Waals surface area contributed by atoms with Crippen molar-refractivity contribution in [1.82, 2.24) is 10.3 Å². The fraction of sp³-hybridized carbons (Fsp3) is 0.333. The van der Waals surface area contributed by atoms with Crippen LogP contribution in [0.1, 0.15) is 12.8 Å². The highest BCUT2D eigenvalue weighted by atomic mass is 32.1. The molecule has 28 heavy (non-hydrogen) atoms. The molecule has 2 rings (SSSR count). The number of amides is 3. The van der Waals surface area contributed by atoms with Gasteiger partial charge in [0.25, 0.3) is 0 Å². The molecular formula is C18H21FN4O4S. The second-order valence-electron chi connectivity index (χ2n) is 5.69. The summed E-state index contributed by atoms with van der Waals surface area (Å²) in [6.07, 6.45) is 1.33. The van der Waals surface area contributed by atoms with E-state index in [0.29, 0.717) is 11.7 Å². The highest BCUT2D eigenvalue weighted by Gasteiger charge is 2.20. The molecule has 1 aromatic carbocycles. The first kappa shape index (κ1) is 21.5. The summed E-state index contributed by atoms with van der Waals surface area (Å²) in [6, 6.07) is 5.38. The average molecular weight is 408 g/mol. The Bertz CT molecular complexity index is 801. The number of benzene rings is 1. The van der Waals surface area contributed by atoms with Gasteiger partial charge in [-0.05, 0) is 18.2 Å². The molecular weight excluding hydrogens is 387 g/mol. The Hall–Kier alpha value is -2.85. The molecule has 10 heteroatoms. The Morgan fingerprint density at radius 1 is 1.25 bits per heavy atom. The molecule has 1 heterocycles. The lowest BCUT2D eigenvalue weighted by Gasteiger charge is -2.22. The van der Waals surface area contributed by atoms with E-state index in [9.17, 15) is 18.8 Å². The largest absolute Gasteiger partial charge is 0.383 e. The molecule has 0 radical (unpaired) electrons. The highest BCUT2D eigenvalue weighted by Crippen LogP contribution is 2.17. The van der Waals surface area contributed by atoms with E-state index < -0.39 is 17.6 Å². The van der Waals surface area contributed by atoms with E-state index in [1.807, 2.05) is 0 Å². The zero-order chi connectivity index (χ0) is 20.4. The molecule has 0 saturated heterocycles. The topological polar surface area (TPSA) is 101 Å². The van der Waals surface area contributed by atoms with E-state index in [4.69, 9.17) is 4.74 Å². The number of nitrogens with zero attached hydrogens (tertiary/aromatic N) is 2. The number of nitrogens with one attached hydrogen (secondary N) is 2. The third-order valence-electron chi connectivity index (χ3n) is 3.60. The summed E-state index contributed by atoms with van der Waals surface area (Å²) in [5.41, 5.74) is 0.243. The third-order valence-corrected chi connectivity index (χ3v) is 4.28. The van der Waals surface area contributed by atoms with Crippen LogP contribution in [0.5, 0.6) is 0 Å². The number of carbonyl (C=O) groups excluding carboxylic acids is 3. The van der Waals surface area contributed by atoms with Crippen LogP contribution in [0.25, 0.3) is 0 Å². The van der Waals surface area contributed by atoms with Crippen molar-refractivity contribution in [1.29, 1.82) is 0 Å². The van der Waals surface area contributed by atoms with Crippen molar-refractivity contribution in [2.75, 3.05) is 37.0 Å². The number of anilines is 2. The summed E-state index contributed by atoms with van der Waals surface area (Å²) in [7, 11) is 1.51. The summed E-state index contributed by atoms with van der Waals surface area (Å²) in [6.45, 7) is 0.327. The molecule has 0 aliphatic rings. The number of carbonyl (C=O) groups is 3. The predicted octanol–water partition coefficient (Wildman–Crippen LogP) is 1.80. The molecule has 0 bridgehead atoms. The van der Waals surface area contributed by atoms with Crippen LogP contribution in [-0.4, -0.2) is 49.5 Å². The maximum Gasteiger partial charge on any atom is 0.240 e. The first-order valence-corrected chi connectivity index (χ1v) is 9.38. The Kier molecular flexibility index (Phi) is 8.50. The monoisotopic (exact) mass is 408 g/mol. The van der Waals surface area contributed by atoms with Gasteiger partial charge in [0.15, 0.2) is 5.13 Å².